The predicted molar refractivity (Wildman–Crippen MR) is 89.9 cm³/mol. The molecule has 1 fully saturated rings. The van der Waals surface area contributed by atoms with E-state index < -0.39 is 10.0 Å². The molecule has 126 valence electrons. The highest BCUT2D eigenvalue weighted by Crippen LogP contribution is 2.38. The Kier molecular flexibility index (Phi) is 4.23. The number of carbonyl (C=O) groups is 1. The normalized spacial score (nSPS) is 21.6. The number of fused-ring (bicyclic) bond motifs is 1. The van der Waals surface area contributed by atoms with E-state index in [9.17, 15) is 13.2 Å². The molecule has 3 rings (SSSR count). The average molecular weight is 336 g/mol. The summed E-state index contributed by atoms with van der Waals surface area (Å²) >= 11 is 0. The zero-order valence-electron chi connectivity index (χ0n) is 13.7. The summed E-state index contributed by atoms with van der Waals surface area (Å²) in [6, 6.07) is 5.02. The maximum Gasteiger partial charge on any atom is 0.240 e. The van der Waals surface area contributed by atoms with Gasteiger partial charge in [0.15, 0.2) is 0 Å². The van der Waals surface area contributed by atoms with Gasteiger partial charge in [-0.3, -0.25) is 4.79 Å². The van der Waals surface area contributed by atoms with Crippen molar-refractivity contribution < 1.29 is 13.2 Å². The molecule has 1 aromatic rings. The van der Waals surface area contributed by atoms with Crippen molar-refractivity contribution in [3.05, 3.63) is 23.8 Å². The summed E-state index contributed by atoms with van der Waals surface area (Å²) < 4.78 is 28.2. The van der Waals surface area contributed by atoms with Crippen LogP contribution in [-0.2, 0) is 20.2 Å². The fourth-order valence-corrected chi connectivity index (χ4v) is 4.89. The molecule has 0 spiro atoms. The second-order valence-corrected chi connectivity index (χ2v) is 8.99. The smallest absolute Gasteiger partial charge is 0.240 e. The number of carbonyl (C=O) groups excluding carboxylic acids is 1. The minimum Gasteiger partial charge on any atom is -0.326 e. The summed E-state index contributed by atoms with van der Waals surface area (Å²) in [5, 5.41) is 2.82. The molecule has 23 heavy (non-hydrogen) atoms. The zero-order valence-corrected chi connectivity index (χ0v) is 14.5. The van der Waals surface area contributed by atoms with Crippen LogP contribution in [0.25, 0.3) is 0 Å². The van der Waals surface area contributed by atoms with Crippen LogP contribution < -0.4 is 10.0 Å². The fraction of sp³-hybridized carbons (Fsp3) is 0.588. The lowest BCUT2D eigenvalue weighted by Gasteiger charge is -2.32. The number of anilines is 1. The van der Waals surface area contributed by atoms with Crippen molar-refractivity contribution in [1.29, 1.82) is 0 Å². The number of benzene rings is 1. The molecule has 0 bridgehead atoms. The van der Waals surface area contributed by atoms with E-state index >= 15 is 0 Å². The Hall–Kier alpha value is -1.40. The van der Waals surface area contributed by atoms with Crippen molar-refractivity contribution >= 4 is 21.6 Å². The second kappa shape index (κ2) is 5.91. The largest absolute Gasteiger partial charge is 0.326 e. The summed E-state index contributed by atoms with van der Waals surface area (Å²) in [7, 11) is -3.52. The van der Waals surface area contributed by atoms with Gasteiger partial charge in [-0.15, -0.1) is 0 Å². The number of hydrogen-bond acceptors (Lipinski definition) is 3. The molecule has 2 N–H and O–H groups in total. The van der Waals surface area contributed by atoms with E-state index in [1.165, 1.54) is 6.42 Å². The maximum absolute atomic E-state index is 12.7. The van der Waals surface area contributed by atoms with Crippen LogP contribution in [0.15, 0.2) is 23.1 Å². The Labute approximate surface area is 137 Å². The summed E-state index contributed by atoms with van der Waals surface area (Å²) in [4.78, 5) is 12.0. The monoisotopic (exact) mass is 336 g/mol. The fourth-order valence-electron chi connectivity index (χ4n) is 3.56. The summed E-state index contributed by atoms with van der Waals surface area (Å²) in [5.41, 5.74) is 1.22. The van der Waals surface area contributed by atoms with Crippen molar-refractivity contribution in [2.24, 2.45) is 0 Å². The summed E-state index contributed by atoms with van der Waals surface area (Å²) in [6.07, 6.45) is 5.52. The highest BCUT2D eigenvalue weighted by molar-refractivity contribution is 7.89. The lowest BCUT2D eigenvalue weighted by molar-refractivity contribution is -0.117. The quantitative estimate of drug-likeness (QED) is 0.891. The van der Waals surface area contributed by atoms with Gasteiger partial charge in [0, 0.05) is 23.6 Å². The number of sulfonamides is 1. The third kappa shape index (κ3) is 3.43. The van der Waals surface area contributed by atoms with E-state index in [4.69, 9.17) is 0 Å². The minimum atomic E-state index is -3.52. The van der Waals surface area contributed by atoms with Crippen molar-refractivity contribution in [3.63, 3.8) is 0 Å². The topological polar surface area (TPSA) is 75.3 Å². The third-order valence-electron chi connectivity index (χ3n) is 4.83. The van der Waals surface area contributed by atoms with Gasteiger partial charge in [0.05, 0.1) is 4.90 Å². The average Bonchev–Trinajstić information content (AvgIpc) is 2.46. The molecule has 0 unspecified atom stereocenters. The first-order chi connectivity index (χ1) is 10.8. The van der Waals surface area contributed by atoms with Crippen LogP contribution in [0, 0.1) is 0 Å². The summed E-state index contributed by atoms with van der Waals surface area (Å²) in [6.45, 7) is 3.94. The molecular formula is C17H24N2O3S. The first-order valence-corrected chi connectivity index (χ1v) is 9.73. The number of rotatable bonds is 3. The highest BCUT2D eigenvalue weighted by atomic mass is 32.2. The van der Waals surface area contributed by atoms with E-state index in [1.807, 2.05) is 13.8 Å². The van der Waals surface area contributed by atoms with Gasteiger partial charge in [-0.25, -0.2) is 13.1 Å². The van der Waals surface area contributed by atoms with Crippen LogP contribution in [0.3, 0.4) is 0 Å². The Morgan fingerprint density at radius 3 is 2.57 bits per heavy atom. The van der Waals surface area contributed by atoms with Crippen LogP contribution in [0.1, 0.15) is 57.9 Å². The molecule has 1 aliphatic heterocycles. The first-order valence-electron chi connectivity index (χ1n) is 8.25. The molecular weight excluding hydrogens is 312 g/mol. The van der Waals surface area contributed by atoms with Gasteiger partial charge in [0.25, 0.3) is 0 Å². The molecule has 1 aliphatic carbocycles. The Morgan fingerprint density at radius 2 is 1.87 bits per heavy atom. The molecule has 1 aromatic carbocycles. The van der Waals surface area contributed by atoms with Crippen LogP contribution >= 0.6 is 0 Å². The van der Waals surface area contributed by atoms with E-state index in [0.29, 0.717) is 12.1 Å². The second-order valence-electron chi connectivity index (χ2n) is 7.27. The Balaban J connectivity index is 1.90. The molecule has 5 nitrogen and oxygen atoms in total. The molecule has 0 atom stereocenters. The minimum absolute atomic E-state index is 0.0292. The molecule has 0 radical (unpaired) electrons. The van der Waals surface area contributed by atoms with Crippen molar-refractivity contribution in [1.82, 2.24) is 4.72 Å². The SMILES string of the molecule is CC1(C)CC(=O)Nc2ccc(S(=O)(=O)NC3CCCCC3)cc21. The van der Waals surface area contributed by atoms with Gasteiger partial charge in [0.1, 0.15) is 0 Å². The van der Waals surface area contributed by atoms with Crippen LogP contribution in [0.2, 0.25) is 0 Å². The standard InChI is InChI=1S/C17H24N2O3S/c1-17(2)11-16(20)18-15-9-8-13(10-14(15)17)23(21,22)19-12-6-4-3-5-7-12/h8-10,12,19H,3-7,11H2,1-2H3,(H,18,20). The van der Waals surface area contributed by atoms with Crippen LogP contribution in [0.4, 0.5) is 5.69 Å². The van der Waals surface area contributed by atoms with Crippen molar-refractivity contribution in [2.75, 3.05) is 5.32 Å². The molecule has 0 aromatic heterocycles. The summed E-state index contributed by atoms with van der Waals surface area (Å²) in [5.74, 6) is -0.0292. The lowest BCUT2D eigenvalue weighted by atomic mass is 9.78. The number of amides is 1. The van der Waals surface area contributed by atoms with E-state index in [2.05, 4.69) is 10.0 Å². The van der Waals surface area contributed by atoms with E-state index in [-0.39, 0.29) is 22.3 Å². The zero-order chi connectivity index (χ0) is 16.7. The highest BCUT2D eigenvalue weighted by Gasteiger charge is 2.33. The lowest BCUT2D eigenvalue weighted by Crippen LogP contribution is -2.37. The van der Waals surface area contributed by atoms with Crippen molar-refractivity contribution in [2.45, 2.75) is 68.7 Å². The Morgan fingerprint density at radius 1 is 1.17 bits per heavy atom. The van der Waals surface area contributed by atoms with Gasteiger partial charge in [-0.2, -0.15) is 0 Å². The molecule has 1 saturated carbocycles. The van der Waals surface area contributed by atoms with Gasteiger partial charge >= 0.3 is 0 Å². The Bertz CT molecular complexity index is 719. The van der Waals surface area contributed by atoms with Gasteiger partial charge in [-0.05, 0) is 36.6 Å². The predicted octanol–water partition coefficient (Wildman–Crippen LogP) is 2.92. The van der Waals surface area contributed by atoms with Crippen LogP contribution in [0.5, 0.6) is 0 Å². The van der Waals surface area contributed by atoms with Crippen LogP contribution in [-0.4, -0.2) is 20.4 Å². The molecule has 0 saturated heterocycles. The molecule has 6 heteroatoms. The van der Waals surface area contributed by atoms with Gasteiger partial charge < -0.3 is 5.32 Å². The van der Waals surface area contributed by atoms with Gasteiger partial charge in [0.2, 0.25) is 15.9 Å². The number of hydrogen-bond donors (Lipinski definition) is 2. The molecule has 1 amide bonds. The van der Waals surface area contributed by atoms with E-state index in [1.54, 1.807) is 18.2 Å². The first kappa shape index (κ1) is 16.5. The third-order valence-corrected chi connectivity index (χ3v) is 6.35. The molecule has 1 heterocycles. The van der Waals surface area contributed by atoms with Gasteiger partial charge in [-0.1, -0.05) is 33.1 Å². The number of nitrogens with one attached hydrogen (secondary N) is 2. The maximum atomic E-state index is 12.7. The molecule has 2 aliphatic rings. The van der Waals surface area contributed by atoms with Crippen molar-refractivity contribution in [3.8, 4) is 0 Å². The van der Waals surface area contributed by atoms with E-state index in [0.717, 1.165) is 31.2 Å².